The lowest BCUT2D eigenvalue weighted by atomic mass is 9.98. The summed E-state index contributed by atoms with van der Waals surface area (Å²) in [5.74, 6) is -1.83. The fourth-order valence-corrected chi connectivity index (χ4v) is 4.37. The van der Waals surface area contributed by atoms with Crippen molar-refractivity contribution in [1.29, 1.82) is 0 Å². The Morgan fingerprint density at radius 1 is 1.00 bits per heavy atom. The Kier molecular flexibility index (Phi) is 10.0. The minimum atomic E-state index is -0.835. The lowest BCUT2D eigenvalue weighted by Gasteiger charge is -2.23. The van der Waals surface area contributed by atoms with Gasteiger partial charge in [-0.3, -0.25) is 14.4 Å². The molecule has 0 amide bonds. The fourth-order valence-electron chi connectivity index (χ4n) is 4.37. The van der Waals surface area contributed by atoms with Gasteiger partial charge in [-0.2, -0.15) is 0 Å². The first kappa shape index (κ1) is 27.7. The fraction of sp³-hybridized carbons (Fsp3) is 0.345. The molecule has 2 aromatic carbocycles. The van der Waals surface area contributed by atoms with Crippen molar-refractivity contribution >= 4 is 28.6 Å². The summed E-state index contributed by atoms with van der Waals surface area (Å²) in [7, 11) is 2.63. The topological polar surface area (TPSA) is 109 Å². The van der Waals surface area contributed by atoms with Crippen LogP contribution in [-0.2, 0) is 36.8 Å². The minimum Gasteiger partial charge on any atom is -0.469 e. The van der Waals surface area contributed by atoms with Gasteiger partial charge in [-0.1, -0.05) is 48.5 Å². The second kappa shape index (κ2) is 13.4. The zero-order valence-electron chi connectivity index (χ0n) is 21.5. The van der Waals surface area contributed by atoms with Crippen molar-refractivity contribution in [3.8, 4) is 0 Å². The van der Waals surface area contributed by atoms with Gasteiger partial charge < -0.3 is 24.5 Å². The van der Waals surface area contributed by atoms with Crippen molar-refractivity contribution in [1.82, 2.24) is 9.88 Å². The third kappa shape index (κ3) is 7.30. The molecule has 0 saturated heterocycles. The molecule has 1 atom stereocenters. The van der Waals surface area contributed by atoms with Gasteiger partial charge in [0.2, 0.25) is 0 Å². The van der Waals surface area contributed by atoms with E-state index >= 15 is 0 Å². The largest absolute Gasteiger partial charge is 0.469 e. The smallest absolute Gasteiger partial charge is 0.317 e. The van der Waals surface area contributed by atoms with Crippen LogP contribution in [0.2, 0.25) is 0 Å². The number of nitrogens with zero attached hydrogens (tertiary/aromatic N) is 1. The molecule has 0 bridgehead atoms. The third-order valence-corrected chi connectivity index (χ3v) is 6.36. The van der Waals surface area contributed by atoms with Crippen molar-refractivity contribution in [3.05, 3.63) is 83.2 Å². The van der Waals surface area contributed by atoms with Crippen molar-refractivity contribution in [2.75, 3.05) is 27.4 Å². The zero-order valence-corrected chi connectivity index (χ0v) is 21.5. The summed E-state index contributed by atoms with van der Waals surface area (Å²) in [4.78, 5) is 41.9. The molecular weight excluding hydrogens is 472 g/mol. The number of carbonyl (C=O) groups excluding carboxylic acids is 3. The first-order chi connectivity index (χ1) is 17.9. The monoisotopic (exact) mass is 506 g/mol. The second-order valence-electron chi connectivity index (χ2n) is 8.81. The number of hydrogen-bond acceptors (Lipinski definition) is 7. The molecule has 1 unspecified atom stereocenters. The van der Waals surface area contributed by atoms with Gasteiger partial charge in [0.1, 0.15) is 5.92 Å². The number of benzene rings is 2. The third-order valence-electron chi connectivity index (χ3n) is 6.36. The molecule has 3 rings (SSSR count). The van der Waals surface area contributed by atoms with Crippen LogP contribution in [0.3, 0.4) is 0 Å². The van der Waals surface area contributed by atoms with Crippen molar-refractivity contribution in [3.63, 3.8) is 0 Å². The highest BCUT2D eigenvalue weighted by molar-refractivity contribution is 5.93. The van der Waals surface area contributed by atoms with E-state index in [2.05, 4.69) is 4.98 Å². The molecule has 0 aliphatic carbocycles. The van der Waals surface area contributed by atoms with Crippen molar-refractivity contribution in [2.45, 2.75) is 38.6 Å². The number of hydrogen-bond donors (Lipinski definition) is 2. The van der Waals surface area contributed by atoms with Crippen LogP contribution in [0, 0.1) is 0 Å². The summed E-state index contributed by atoms with van der Waals surface area (Å²) in [6.45, 7) is 2.18. The molecule has 0 aliphatic heterocycles. The standard InChI is InChI=1S/C29H34N2O6/c1-20(33)22(13-14-27(34)36-2)18-31(17-21-9-5-4-6-10-21)16-15-24-23-11-7-8-12-26(23)30-28(24)25(19-32)29(35)37-3/h4-12,18,25,30,32H,13-17,19H2,1-3H3/b22-18+. The highest BCUT2D eigenvalue weighted by Gasteiger charge is 2.26. The van der Waals surface area contributed by atoms with Gasteiger partial charge >= 0.3 is 11.9 Å². The van der Waals surface area contributed by atoms with E-state index in [0.717, 1.165) is 22.0 Å². The van der Waals surface area contributed by atoms with Gasteiger partial charge in [0.05, 0.1) is 20.8 Å². The van der Waals surface area contributed by atoms with E-state index in [1.54, 1.807) is 0 Å². The summed E-state index contributed by atoms with van der Waals surface area (Å²) in [6.07, 6.45) is 2.75. The van der Waals surface area contributed by atoms with Crippen molar-refractivity contribution < 1.29 is 29.0 Å². The minimum absolute atomic E-state index is 0.110. The molecule has 0 fully saturated rings. The van der Waals surface area contributed by atoms with Crippen LogP contribution >= 0.6 is 0 Å². The first-order valence-electron chi connectivity index (χ1n) is 12.2. The van der Waals surface area contributed by atoms with Gasteiger partial charge in [-0.15, -0.1) is 0 Å². The average molecular weight is 507 g/mol. The van der Waals surface area contributed by atoms with Gasteiger partial charge in [0.15, 0.2) is 5.78 Å². The Morgan fingerprint density at radius 2 is 1.70 bits per heavy atom. The highest BCUT2D eigenvalue weighted by Crippen LogP contribution is 2.29. The molecule has 1 aromatic heterocycles. The lowest BCUT2D eigenvalue weighted by Crippen LogP contribution is -2.24. The molecule has 196 valence electrons. The summed E-state index contributed by atoms with van der Waals surface area (Å²) in [5, 5.41) is 11.0. The van der Waals surface area contributed by atoms with Crippen LogP contribution in [0.25, 0.3) is 10.9 Å². The van der Waals surface area contributed by atoms with E-state index in [4.69, 9.17) is 9.47 Å². The van der Waals surface area contributed by atoms with Gasteiger partial charge in [-0.05, 0) is 37.0 Å². The number of aliphatic hydroxyl groups is 1. The van der Waals surface area contributed by atoms with Crippen LogP contribution in [-0.4, -0.2) is 60.1 Å². The van der Waals surface area contributed by atoms with Gasteiger partial charge in [0.25, 0.3) is 0 Å². The maximum atomic E-state index is 12.4. The summed E-state index contributed by atoms with van der Waals surface area (Å²) < 4.78 is 9.67. The number of aliphatic hydroxyl groups excluding tert-OH is 1. The molecule has 2 N–H and O–H groups in total. The molecular formula is C29H34N2O6. The average Bonchev–Trinajstić information content (AvgIpc) is 3.27. The Morgan fingerprint density at radius 3 is 2.35 bits per heavy atom. The highest BCUT2D eigenvalue weighted by atomic mass is 16.5. The predicted octanol–water partition coefficient (Wildman–Crippen LogP) is 3.89. The van der Waals surface area contributed by atoms with E-state index in [1.165, 1.54) is 21.1 Å². The van der Waals surface area contributed by atoms with E-state index in [1.807, 2.05) is 65.7 Å². The Hall–Kier alpha value is -3.91. The van der Waals surface area contributed by atoms with Crippen LogP contribution in [0.1, 0.15) is 42.5 Å². The number of H-pyrrole nitrogens is 1. The van der Waals surface area contributed by atoms with Gasteiger partial charge in [0, 0.05) is 47.9 Å². The number of para-hydroxylation sites is 1. The predicted molar refractivity (Wildman–Crippen MR) is 141 cm³/mol. The number of rotatable bonds is 13. The maximum Gasteiger partial charge on any atom is 0.317 e. The first-order valence-corrected chi connectivity index (χ1v) is 12.2. The number of fused-ring (bicyclic) bond motifs is 1. The Labute approximate surface area is 216 Å². The molecule has 0 spiro atoms. The Balaban J connectivity index is 1.96. The molecule has 8 heteroatoms. The molecule has 8 nitrogen and oxygen atoms in total. The van der Waals surface area contributed by atoms with Crippen LogP contribution in [0.5, 0.6) is 0 Å². The summed E-state index contributed by atoms with van der Waals surface area (Å²) >= 11 is 0. The van der Waals surface area contributed by atoms with Crippen molar-refractivity contribution in [2.24, 2.45) is 0 Å². The SMILES string of the molecule is COC(=O)CC/C(=C\N(CCc1c(C(CO)C(=O)OC)[nH]c2ccccc12)Cc1ccccc1)C(C)=O. The number of allylic oxidation sites excluding steroid dienone is 1. The molecule has 1 heterocycles. The Bertz CT molecular complexity index is 1250. The van der Waals surface area contributed by atoms with E-state index in [9.17, 15) is 19.5 Å². The van der Waals surface area contributed by atoms with E-state index < -0.39 is 11.9 Å². The van der Waals surface area contributed by atoms with Crippen LogP contribution in [0.15, 0.2) is 66.4 Å². The number of aromatic nitrogens is 1. The summed E-state index contributed by atoms with van der Waals surface area (Å²) in [6, 6.07) is 17.6. The molecule has 0 radical (unpaired) electrons. The molecule has 37 heavy (non-hydrogen) atoms. The number of methoxy groups -OCH3 is 2. The number of ketones is 1. The molecule has 0 aliphatic rings. The maximum absolute atomic E-state index is 12.4. The quantitative estimate of drug-likeness (QED) is 0.267. The normalized spacial score (nSPS) is 12.3. The van der Waals surface area contributed by atoms with Crippen LogP contribution < -0.4 is 0 Å². The number of carbonyl (C=O) groups is 3. The number of Topliss-reactive ketones (excluding diaryl/α,β-unsaturated/α-hetero) is 1. The number of nitrogens with one attached hydrogen (secondary N) is 1. The van der Waals surface area contributed by atoms with E-state index in [-0.39, 0.29) is 31.2 Å². The summed E-state index contributed by atoms with van der Waals surface area (Å²) in [5.41, 5.74) is 3.99. The molecule has 3 aromatic rings. The van der Waals surface area contributed by atoms with Crippen LogP contribution in [0.4, 0.5) is 0 Å². The zero-order chi connectivity index (χ0) is 26.8. The number of esters is 2. The van der Waals surface area contributed by atoms with Gasteiger partial charge in [-0.25, -0.2) is 0 Å². The van der Waals surface area contributed by atoms with E-state index in [0.29, 0.717) is 30.8 Å². The number of aromatic amines is 1. The second-order valence-corrected chi connectivity index (χ2v) is 8.81. The molecule has 0 saturated carbocycles. The number of ether oxygens (including phenoxy) is 2. The lowest BCUT2D eigenvalue weighted by molar-refractivity contribution is -0.143.